The van der Waals surface area contributed by atoms with Gasteiger partial charge in [0.1, 0.15) is 5.82 Å². The highest BCUT2D eigenvalue weighted by Crippen LogP contribution is 2.24. The maximum absolute atomic E-state index is 10.6. The minimum absolute atomic E-state index is 0.782. The zero-order chi connectivity index (χ0) is 26.6. The quantitative estimate of drug-likeness (QED) is 0.464. The summed E-state index contributed by atoms with van der Waals surface area (Å²) in [5.74, 6) is -3.60. The van der Waals surface area contributed by atoms with Crippen LogP contribution in [0.25, 0.3) is 0 Å². The summed E-state index contributed by atoms with van der Waals surface area (Å²) in [5.41, 5.74) is 1.34. The normalized spacial score (nSPS) is 17.0. The molecule has 0 amide bonds. The van der Waals surface area contributed by atoms with E-state index in [0.29, 0.717) is 0 Å². The highest BCUT2D eigenvalue weighted by molar-refractivity contribution is 5.73. The van der Waals surface area contributed by atoms with Crippen LogP contribution in [0.1, 0.15) is 18.4 Å². The van der Waals surface area contributed by atoms with E-state index in [1.165, 1.54) is 24.9 Å². The second-order valence-corrected chi connectivity index (χ2v) is 7.62. The minimum atomic E-state index is -5.08. The number of ether oxygens (including phenoxy) is 1. The van der Waals surface area contributed by atoms with Crippen LogP contribution in [0, 0.1) is 5.92 Å². The molecule has 1 saturated heterocycles. The number of pyridine rings is 1. The second-order valence-electron chi connectivity index (χ2n) is 7.62. The van der Waals surface area contributed by atoms with E-state index in [4.69, 9.17) is 24.5 Å². The van der Waals surface area contributed by atoms with Crippen molar-refractivity contribution in [3.05, 3.63) is 36.5 Å². The summed E-state index contributed by atoms with van der Waals surface area (Å²) in [6.45, 7) is 10.9. The van der Waals surface area contributed by atoms with Crippen LogP contribution in [0.15, 0.2) is 31.0 Å². The lowest BCUT2D eigenvalue weighted by Crippen LogP contribution is -2.36. The van der Waals surface area contributed by atoms with Crippen LogP contribution in [0.2, 0.25) is 0 Å². The van der Waals surface area contributed by atoms with E-state index < -0.39 is 24.3 Å². The summed E-state index contributed by atoms with van der Waals surface area (Å²) < 4.78 is 68.9. The molecule has 1 fully saturated rings. The van der Waals surface area contributed by atoms with Crippen molar-refractivity contribution in [2.45, 2.75) is 31.7 Å². The molecule has 0 unspecified atom stereocenters. The lowest BCUT2D eigenvalue weighted by molar-refractivity contribution is -0.193. The van der Waals surface area contributed by atoms with Crippen LogP contribution in [0.3, 0.4) is 0 Å². The van der Waals surface area contributed by atoms with E-state index in [9.17, 15) is 26.3 Å². The minimum Gasteiger partial charge on any atom is -0.475 e. The van der Waals surface area contributed by atoms with Gasteiger partial charge in [-0.25, -0.2) is 14.6 Å². The third kappa shape index (κ3) is 11.4. The number of alkyl halides is 6. The molecule has 2 aliphatic heterocycles. The number of rotatable bonds is 4. The number of carbonyl (C=O) groups is 2. The van der Waals surface area contributed by atoms with E-state index in [0.717, 1.165) is 51.1 Å². The van der Waals surface area contributed by atoms with Gasteiger partial charge in [-0.15, -0.1) is 6.58 Å². The van der Waals surface area contributed by atoms with Gasteiger partial charge >= 0.3 is 24.3 Å². The maximum atomic E-state index is 10.6. The van der Waals surface area contributed by atoms with Gasteiger partial charge in [0.25, 0.3) is 0 Å². The first kappa shape index (κ1) is 30.2. The van der Waals surface area contributed by atoms with Crippen molar-refractivity contribution in [2.75, 3.05) is 44.3 Å². The Bertz CT molecular complexity index is 804. The molecule has 3 rings (SSSR count). The molecule has 0 bridgehead atoms. The molecule has 1 aromatic rings. The molecule has 35 heavy (non-hydrogen) atoms. The maximum Gasteiger partial charge on any atom is 0.490 e. The highest BCUT2D eigenvalue weighted by Gasteiger charge is 2.38. The first-order valence-corrected chi connectivity index (χ1v) is 10.5. The Morgan fingerprint density at radius 3 is 2.11 bits per heavy atom. The Kier molecular flexibility index (Phi) is 12.0. The number of hydrogen-bond acceptors (Lipinski definition) is 6. The van der Waals surface area contributed by atoms with Gasteiger partial charge < -0.3 is 19.8 Å². The average Bonchev–Trinajstić information content (AvgIpc) is 2.94. The van der Waals surface area contributed by atoms with E-state index in [2.05, 4.69) is 27.4 Å². The summed E-state index contributed by atoms with van der Waals surface area (Å²) in [4.78, 5) is 27.3. The van der Waals surface area contributed by atoms with Crippen molar-refractivity contribution >= 4 is 17.8 Å². The fourth-order valence-electron chi connectivity index (χ4n) is 3.31. The van der Waals surface area contributed by atoms with Crippen LogP contribution in [0.4, 0.5) is 32.2 Å². The Balaban J connectivity index is 0.000000362. The lowest BCUT2D eigenvalue weighted by atomic mass is 9.99. The van der Waals surface area contributed by atoms with E-state index in [-0.39, 0.29) is 0 Å². The van der Waals surface area contributed by atoms with E-state index in [1.807, 2.05) is 18.3 Å². The molecule has 2 N–H and O–H groups in total. The predicted molar refractivity (Wildman–Crippen MR) is 113 cm³/mol. The topological polar surface area (TPSA) is 103 Å². The molecule has 3 heterocycles. The van der Waals surface area contributed by atoms with Gasteiger partial charge in [0.15, 0.2) is 0 Å². The lowest BCUT2D eigenvalue weighted by Gasteiger charge is -2.29. The molecule has 0 spiro atoms. The monoisotopic (exact) mass is 515 g/mol. The van der Waals surface area contributed by atoms with Crippen molar-refractivity contribution in [1.29, 1.82) is 0 Å². The fourth-order valence-corrected chi connectivity index (χ4v) is 3.31. The highest BCUT2D eigenvalue weighted by atomic mass is 19.4. The molecule has 0 aliphatic carbocycles. The molecule has 0 radical (unpaired) electrons. The summed E-state index contributed by atoms with van der Waals surface area (Å²) in [7, 11) is 0. The number of aromatic nitrogens is 1. The van der Waals surface area contributed by atoms with Crippen LogP contribution < -0.4 is 4.90 Å². The summed E-state index contributed by atoms with van der Waals surface area (Å²) in [6.07, 6.45) is -3.91. The molecule has 8 nitrogen and oxygen atoms in total. The first-order valence-electron chi connectivity index (χ1n) is 10.5. The van der Waals surface area contributed by atoms with Crippen LogP contribution in [-0.4, -0.2) is 83.8 Å². The van der Waals surface area contributed by atoms with Crippen LogP contribution >= 0.6 is 0 Å². The van der Waals surface area contributed by atoms with Gasteiger partial charge in [0.2, 0.25) is 0 Å². The third-order valence-electron chi connectivity index (χ3n) is 4.94. The summed E-state index contributed by atoms with van der Waals surface area (Å²) in [6, 6.07) is 4.25. The Morgan fingerprint density at radius 2 is 1.63 bits per heavy atom. The number of hydrogen-bond donors (Lipinski definition) is 2. The largest absolute Gasteiger partial charge is 0.490 e. The van der Waals surface area contributed by atoms with Crippen LogP contribution in [0.5, 0.6) is 0 Å². The van der Waals surface area contributed by atoms with Crippen molar-refractivity contribution in [3.63, 3.8) is 0 Å². The number of nitrogens with zero attached hydrogens (tertiary/aromatic N) is 3. The van der Waals surface area contributed by atoms with Crippen molar-refractivity contribution in [3.8, 4) is 0 Å². The van der Waals surface area contributed by atoms with E-state index >= 15 is 0 Å². The fraction of sp³-hybridized carbons (Fsp3) is 0.571. The molecule has 0 atom stereocenters. The van der Waals surface area contributed by atoms with Crippen molar-refractivity contribution < 1.29 is 50.9 Å². The zero-order valence-corrected chi connectivity index (χ0v) is 18.7. The molecule has 2 aliphatic rings. The number of anilines is 1. The van der Waals surface area contributed by atoms with Crippen molar-refractivity contribution in [2.24, 2.45) is 5.92 Å². The van der Waals surface area contributed by atoms with Crippen molar-refractivity contribution in [1.82, 2.24) is 9.88 Å². The predicted octanol–water partition coefficient (Wildman–Crippen LogP) is 3.58. The summed E-state index contributed by atoms with van der Waals surface area (Å²) >= 11 is 0. The second kappa shape index (κ2) is 13.9. The molecule has 0 saturated carbocycles. The average molecular weight is 515 g/mol. The van der Waals surface area contributed by atoms with Gasteiger partial charge in [0, 0.05) is 57.7 Å². The molecular weight excluding hydrogens is 488 g/mol. The molecule has 0 aromatic carbocycles. The molecule has 1 aromatic heterocycles. The summed E-state index contributed by atoms with van der Waals surface area (Å²) in [5, 5.41) is 14.2. The zero-order valence-electron chi connectivity index (χ0n) is 18.7. The van der Waals surface area contributed by atoms with E-state index in [1.54, 1.807) is 0 Å². The number of halogens is 6. The third-order valence-corrected chi connectivity index (χ3v) is 4.94. The Hall–Kier alpha value is -2.87. The molecule has 14 heteroatoms. The number of aliphatic carboxylic acids is 2. The van der Waals surface area contributed by atoms with Gasteiger partial charge in [-0.05, 0) is 24.8 Å². The smallest absolute Gasteiger partial charge is 0.475 e. The number of carboxylic acid groups (broad SMARTS) is 2. The van der Waals surface area contributed by atoms with Gasteiger partial charge in [-0.1, -0.05) is 12.1 Å². The standard InChI is InChI=1S/C17H25N3O.2C2HF3O2/c1-2-8-20-10-9-19(13-15-5-11-21-12-6-15)14-16-4-3-7-18-17(16)20;2*3-2(4,5)1(6)7/h2-4,7,15H,1,5-6,8-14H2;2*(H,6,7). The van der Waals surface area contributed by atoms with Gasteiger partial charge in [-0.2, -0.15) is 26.3 Å². The van der Waals surface area contributed by atoms with Crippen LogP contribution in [-0.2, 0) is 20.9 Å². The Labute approximate surface area is 197 Å². The molecule has 198 valence electrons. The SMILES string of the molecule is C=CCN1CCN(CC2CCOCC2)Cc2cccnc21.O=C(O)C(F)(F)F.O=C(O)C(F)(F)F. The number of carboxylic acids is 2. The Morgan fingerprint density at radius 1 is 1.09 bits per heavy atom. The number of fused-ring (bicyclic) bond motifs is 1. The van der Waals surface area contributed by atoms with Gasteiger partial charge in [-0.3, -0.25) is 4.90 Å². The first-order chi connectivity index (χ1) is 16.3. The molecular formula is C21H27F6N3O5. The van der Waals surface area contributed by atoms with Gasteiger partial charge in [0.05, 0.1) is 0 Å².